The van der Waals surface area contributed by atoms with Gasteiger partial charge in [0.15, 0.2) is 0 Å². The summed E-state index contributed by atoms with van der Waals surface area (Å²) in [6, 6.07) is 5.07. The number of halogens is 2. The fourth-order valence-corrected chi connectivity index (χ4v) is 3.77. The number of benzene rings is 1. The van der Waals surface area contributed by atoms with Crippen LogP contribution in [0.3, 0.4) is 0 Å². The quantitative estimate of drug-likeness (QED) is 0.783. The molecule has 0 atom stereocenters. The van der Waals surface area contributed by atoms with Crippen molar-refractivity contribution in [2.75, 3.05) is 10.5 Å². The van der Waals surface area contributed by atoms with E-state index < -0.39 is 10.0 Å². The Labute approximate surface area is 121 Å². The number of nitrogens with one attached hydrogen (secondary N) is 1. The Hall–Kier alpha value is -0.0100. The van der Waals surface area contributed by atoms with E-state index in [2.05, 4.69) is 27.3 Å². The minimum Gasteiger partial charge on any atom is -0.282 e. The predicted octanol–water partition coefficient (Wildman–Crippen LogP) is 3.73. The van der Waals surface area contributed by atoms with Crippen LogP contribution in [0.15, 0.2) is 18.2 Å². The van der Waals surface area contributed by atoms with Crippen LogP contribution < -0.4 is 4.72 Å². The SMILES string of the molecule is CC(C)CCS(=O)(=O)Nc1ccc(Cl)cc1I. The Balaban J connectivity index is 2.76. The van der Waals surface area contributed by atoms with Gasteiger partial charge in [0.2, 0.25) is 10.0 Å². The fraction of sp³-hybridized carbons (Fsp3) is 0.455. The van der Waals surface area contributed by atoms with E-state index in [-0.39, 0.29) is 5.75 Å². The van der Waals surface area contributed by atoms with Crippen LogP contribution in [0.2, 0.25) is 5.02 Å². The number of rotatable bonds is 5. The van der Waals surface area contributed by atoms with E-state index in [9.17, 15) is 8.42 Å². The molecule has 96 valence electrons. The van der Waals surface area contributed by atoms with Gasteiger partial charge in [-0.2, -0.15) is 0 Å². The standard InChI is InChI=1S/C11H15ClINO2S/c1-8(2)5-6-17(15,16)14-11-4-3-9(12)7-10(11)13/h3-4,7-8,14H,5-6H2,1-2H3. The third-order valence-corrected chi connectivity index (χ3v) is 4.59. The van der Waals surface area contributed by atoms with Crippen LogP contribution in [0.1, 0.15) is 20.3 Å². The van der Waals surface area contributed by atoms with Gasteiger partial charge in [0, 0.05) is 8.59 Å². The molecule has 0 bridgehead atoms. The van der Waals surface area contributed by atoms with E-state index in [1.54, 1.807) is 18.2 Å². The molecule has 17 heavy (non-hydrogen) atoms. The summed E-state index contributed by atoms with van der Waals surface area (Å²) in [7, 11) is -3.26. The van der Waals surface area contributed by atoms with Crippen LogP contribution >= 0.6 is 34.2 Å². The molecule has 0 aromatic heterocycles. The second-order valence-corrected chi connectivity index (χ2v) is 7.67. The van der Waals surface area contributed by atoms with Crippen LogP contribution in [-0.4, -0.2) is 14.2 Å². The van der Waals surface area contributed by atoms with Crippen molar-refractivity contribution in [3.63, 3.8) is 0 Å². The number of hydrogen-bond donors (Lipinski definition) is 1. The number of sulfonamides is 1. The molecule has 0 aliphatic carbocycles. The Bertz CT molecular complexity index is 488. The van der Waals surface area contributed by atoms with Crippen molar-refractivity contribution in [2.24, 2.45) is 5.92 Å². The zero-order chi connectivity index (χ0) is 13.1. The zero-order valence-corrected chi connectivity index (χ0v) is 13.4. The van der Waals surface area contributed by atoms with Crippen LogP contribution in [0.25, 0.3) is 0 Å². The fourth-order valence-electron chi connectivity index (χ4n) is 1.18. The summed E-state index contributed by atoms with van der Waals surface area (Å²) in [4.78, 5) is 0. The summed E-state index contributed by atoms with van der Waals surface area (Å²) < 4.78 is 27.0. The first kappa shape index (κ1) is 15.0. The minimum atomic E-state index is -3.26. The minimum absolute atomic E-state index is 0.142. The molecule has 0 aliphatic heterocycles. The highest BCUT2D eigenvalue weighted by atomic mass is 127. The van der Waals surface area contributed by atoms with E-state index >= 15 is 0 Å². The average Bonchev–Trinajstić information content (AvgIpc) is 2.20. The maximum Gasteiger partial charge on any atom is 0.232 e. The van der Waals surface area contributed by atoms with Crippen molar-refractivity contribution in [1.82, 2.24) is 0 Å². The van der Waals surface area contributed by atoms with Crippen LogP contribution in [0, 0.1) is 9.49 Å². The summed E-state index contributed by atoms with van der Waals surface area (Å²) in [5.41, 5.74) is 0.582. The zero-order valence-electron chi connectivity index (χ0n) is 9.70. The van der Waals surface area contributed by atoms with Crippen LogP contribution in [-0.2, 0) is 10.0 Å². The van der Waals surface area contributed by atoms with Crippen molar-refractivity contribution in [3.8, 4) is 0 Å². The van der Waals surface area contributed by atoms with Crippen LogP contribution in [0.5, 0.6) is 0 Å². The molecule has 6 heteroatoms. The molecule has 1 N–H and O–H groups in total. The molecular weight excluding hydrogens is 373 g/mol. The maximum atomic E-state index is 11.8. The van der Waals surface area contributed by atoms with E-state index in [0.29, 0.717) is 23.0 Å². The van der Waals surface area contributed by atoms with Crippen molar-refractivity contribution < 1.29 is 8.42 Å². The molecule has 0 aliphatic rings. The van der Waals surface area contributed by atoms with Crippen molar-refractivity contribution in [3.05, 3.63) is 26.8 Å². The lowest BCUT2D eigenvalue weighted by molar-refractivity contribution is 0.578. The highest BCUT2D eigenvalue weighted by Crippen LogP contribution is 2.23. The van der Waals surface area contributed by atoms with Crippen molar-refractivity contribution >= 4 is 49.9 Å². The molecule has 0 spiro atoms. The summed E-state index contributed by atoms with van der Waals surface area (Å²) in [5.74, 6) is 0.513. The molecule has 0 heterocycles. The molecule has 1 aromatic carbocycles. The van der Waals surface area contributed by atoms with Gasteiger partial charge in [-0.25, -0.2) is 8.42 Å². The molecule has 3 nitrogen and oxygen atoms in total. The van der Waals surface area contributed by atoms with E-state index in [1.165, 1.54) is 0 Å². The topological polar surface area (TPSA) is 46.2 Å². The first-order chi connectivity index (χ1) is 7.80. The van der Waals surface area contributed by atoms with Gasteiger partial charge in [-0.1, -0.05) is 25.4 Å². The summed E-state index contributed by atoms with van der Waals surface area (Å²) in [6.45, 7) is 4.00. The lowest BCUT2D eigenvalue weighted by atomic mass is 10.2. The van der Waals surface area contributed by atoms with Gasteiger partial charge in [-0.05, 0) is 53.1 Å². The molecule has 1 rings (SSSR count). The Kier molecular flexibility index (Phi) is 5.53. The van der Waals surface area contributed by atoms with Gasteiger partial charge in [-0.3, -0.25) is 4.72 Å². The van der Waals surface area contributed by atoms with Gasteiger partial charge in [0.25, 0.3) is 0 Å². The van der Waals surface area contributed by atoms with E-state index in [1.807, 2.05) is 13.8 Å². The predicted molar refractivity (Wildman–Crippen MR) is 81.0 cm³/mol. The lowest BCUT2D eigenvalue weighted by Crippen LogP contribution is -2.18. The molecule has 0 saturated heterocycles. The molecule has 0 unspecified atom stereocenters. The second kappa shape index (κ2) is 6.24. The van der Waals surface area contributed by atoms with Gasteiger partial charge < -0.3 is 0 Å². The molecule has 0 fully saturated rings. The van der Waals surface area contributed by atoms with Gasteiger partial charge in [0.1, 0.15) is 0 Å². The molecule has 1 aromatic rings. The summed E-state index contributed by atoms with van der Waals surface area (Å²) in [6.07, 6.45) is 0.652. The Morgan fingerprint density at radius 3 is 2.59 bits per heavy atom. The highest BCUT2D eigenvalue weighted by molar-refractivity contribution is 14.1. The first-order valence-corrected chi connectivity index (χ1v) is 8.36. The van der Waals surface area contributed by atoms with E-state index in [0.717, 1.165) is 3.57 Å². The van der Waals surface area contributed by atoms with Crippen molar-refractivity contribution in [2.45, 2.75) is 20.3 Å². The van der Waals surface area contributed by atoms with Gasteiger partial charge in [-0.15, -0.1) is 0 Å². The third-order valence-electron chi connectivity index (χ3n) is 2.16. The molecule has 0 saturated carbocycles. The lowest BCUT2D eigenvalue weighted by Gasteiger charge is -2.11. The normalized spacial score (nSPS) is 11.8. The molecular formula is C11H15ClINO2S. The summed E-state index contributed by atoms with van der Waals surface area (Å²) >= 11 is 7.87. The largest absolute Gasteiger partial charge is 0.282 e. The first-order valence-electron chi connectivity index (χ1n) is 5.26. The van der Waals surface area contributed by atoms with Gasteiger partial charge >= 0.3 is 0 Å². The molecule has 0 amide bonds. The third kappa shape index (κ3) is 5.44. The smallest absolute Gasteiger partial charge is 0.232 e. The Morgan fingerprint density at radius 1 is 1.41 bits per heavy atom. The Morgan fingerprint density at radius 2 is 2.06 bits per heavy atom. The number of hydrogen-bond acceptors (Lipinski definition) is 2. The maximum absolute atomic E-state index is 11.8. The highest BCUT2D eigenvalue weighted by Gasteiger charge is 2.13. The van der Waals surface area contributed by atoms with Crippen molar-refractivity contribution in [1.29, 1.82) is 0 Å². The monoisotopic (exact) mass is 387 g/mol. The van der Waals surface area contributed by atoms with E-state index in [4.69, 9.17) is 11.6 Å². The second-order valence-electron chi connectivity index (χ2n) is 4.23. The average molecular weight is 388 g/mol. The number of anilines is 1. The van der Waals surface area contributed by atoms with Gasteiger partial charge in [0.05, 0.1) is 11.4 Å². The molecule has 0 radical (unpaired) electrons. The summed E-state index contributed by atoms with van der Waals surface area (Å²) in [5, 5.41) is 0.597. The van der Waals surface area contributed by atoms with Crippen LogP contribution in [0.4, 0.5) is 5.69 Å².